The van der Waals surface area contributed by atoms with Gasteiger partial charge in [-0.1, -0.05) is 23.9 Å². The van der Waals surface area contributed by atoms with Crippen molar-refractivity contribution in [1.82, 2.24) is 30.2 Å². The van der Waals surface area contributed by atoms with Crippen LogP contribution in [0.15, 0.2) is 53.7 Å². The monoisotopic (exact) mass is 376 g/mol. The minimum Gasteiger partial charge on any atom is -0.333 e. The van der Waals surface area contributed by atoms with Crippen LogP contribution in [0.5, 0.6) is 0 Å². The molecule has 0 atom stereocenters. The van der Waals surface area contributed by atoms with Gasteiger partial charge in [0.2, 0.25) is 0 Å². The van der Waals surface area contributed by atoms with E-state index in [1.165, 1.54) is 28.6 Å². The van der Waals surface area contributed by atoms with Gasteiger partial charge in [0.05, 0.1) is 28.0 Å². The summed E-state index contributed by atoms with van der Waals surface area (Å²) < 4.78 is 39.4. The maximum atomic E-state index is 12.7. The Labute approximate surface area is 149 Å². The Hall–Kier alpha value is -2.88. The number of H-pyrrole nitrogens is 1. The number of tetrazole rings is 1. The van der Waals surface area contributed by atoms with Crippen molar-refractivity contribution in [2.75, 3.05) is 0 Å². The number of nitrogens with zero attached hydrogens (tertiary/aromatic N) is 5. The molecule has 0 saturated carbocycles. The number of fused-ring (bicyclic) bond motifs is 1. The van der Waals surface area contributed by atoms with E-state index in [2.05, 4.69) is 25.5 Å². The lowest BCUT2D eigenvalue weighted by Gasteiger charge is -2.08. The molecule has 0 amide bonds. The molecule has 4 aromatic rings. The van der Waals surface area contributed by atoms with Crippen LogP contribution in [0.1, 0.15) is 11.4 Å². The van der Waals surface area contributed by atoms with Crippen molar-refractivity contribution >= 4 is 22.8 Å². The smallest absolute Gasteiger partial charge is 0.333 e. The number of aromatic amines is 1. The quantitative estimate of drug-likeness (QED) is 0.548. The molecule has 2 heterocycles. The molecule has 0 saturated heterocycles. The first-order valence-electron chi connectivity index (χ1n) is 7.53. The molecule has 0 aliphatic heterocycles. The molecule has 6 nitrogen and oxygen atoms in total. The summed E-state index contributed by atoms with van der Waals surface area (Å²) in [5.74, 6) is 0.920. The first kappa shape index (κ1) is 16.6. The standard InChI is InChI=1S/C16H11F3N6S/c17-16(18,19)10-5-7-11(8-6-10)25-14(22-23-24-25)9-26-15-20-12-3-1-2-4-13(12)21-15/h1-8H,9H2,(H,20,21). The third-order valence-corrected chi connectivity index (χ3v) is 4.55. The fourth-order valence-electron chi connectivity index (χ4n) is 2.42. The summed E-state index contributed by atoms with van der Waals surface area (Å²) in [6.45, 7) is 0. The van der Waals surface area contributed by atoms with Gasteiger partial charge in [-0.2, -0.15) is 17.9 Å². The van der Waals surface area contributed by atoms with Crippen LogP contribution in [0.3, 0.4) is 0 Å². The third-order valence-electron chi connectivity index (χ3n) is 3.68. The molecule has 2 aromatic heterocycles. The van der Waals surface area contributed by atoms with Gasteiger partial charge in [0, 0.05) is 0 Å². The van der Waals surface area contributed by atoms with Crippen LogP contribution in [0.25, 0.3) is 16.7 Å². The topological polar surface area (TPSA) is 72.3 Å². The van der Waals surface area contributed by atoms with Crippen molar-refractivity contribution in [2.24, 2.45) is 0 Å². The summed E-state index contributed by atoms with van der Waals surface area (Å²) in [5.41, 5.74) is 1.53. The summed E-state index contributed by atoms with van der Waals surface area (Å²) in [6, 6.07) is 12.4. The maximum Gasteiger partial charge on any atom is 0.416 e. The number of halogens is 3. The zero-order valence-electron chi connectivity index (χ0n) is 13.1. The molecule has 0 aliphatic rings. The maximum absolute atomic E-state index is 12.7. The summed E-state index contributed by atoms with van der Waals surface area (Å²) in [4.78, 5) is 7.65. The van der Waals surface area contributed by atoms with Gasteiger partial charge in [0.15, 0.2) is 11.0 Å². The number of nitrogens with one attached hydrogen (secondary N) is 1. The second-order valence-electron chi connectivity index (χ2n) is 5.40. The van der Waals surface area contributed by atoms with Crippen LogP contribution in [-0.4, -0.2) is 30.2 Å². The molecule has 0 bridgehead atoms. The Bertz CT molecular complexity index is 1010. The third kappa shape index (κ3) is 3.27. The van der Waals surface area contributed by atoms with Gasteiger partial charge in [-0.25, -0.2) is 4.98 Å². The number of alkyl halides is 3. The highest BCUT2D eigenvalue weighted by molar-refractivity contribution is 7.98. The van der Waals surface area contributed by atoms with E-state index in [1.807, 2.05) is 24.3 Å². The molecule has 0 unspecified atom stereocenters. The molecule has 0 aliphatic carbocycles. The zero-order chi connectivity index (χ0) is 18.1. The summed E-state index contributed by atoms with van der Waals surface area (Å²) in [7, 11) is 0. The average Bonchev–Trinajstić information content (AvgIpc) is 3.25. The van der Waals surface area contributed by atoms with Crippen LogP contribution in [0.4, 0.5) is 13.2 Å². The van der Waals surface area contributed by atoms with Crippen molar-refractivity contribution in [2.45, 2.75) is 17.1 Å². The van der Waals surface area contributed by atoms with Crippen molar-refractivity contribution in [3.8, 4) is 5.69 Å². The van der Waals surface area contributed by atoms with E-state index in [4.69, 9.17) is 0 Å². The minimum absolute atomic E-state index is 0.411. The van der Waals surface area contributed by atoms with Crippen molar-refractivity contribution in [3.63, 3.8) is 0 Å². The first-order valence-corrected chi connectivity index (χ1v) is 8.52. The highest BCUT2D eigenvalue weighted by atomic mass is 32.2. The SMILES string of the molecule is FC(F)(F)c1ccc(-n2nnnc2CSc2nc3ccccc3[nH]2)cc1. The van der Waals surface area contributed by atoms with E-state index >= 15 is 0 Å². The predicted octanol–water partition coefficient (Wildman–Crippen LogP) is 3.85. The second kappa shape index (κ2) is 6.45. The predicted molar refractivity (Wildman–Crippen MR) is 89.8 cm³/mol. The lowest BCUT2D eigenvalue weighted by atomic mass is 10.2. The molecule has 1 N–H and O–H groups in total. The summed E-state index contributed by atoms with van der Waals surface area (Å²) >= 11 is 1.41. The van der Waals surface area contributed by atoms with E-state index < -0.39 is 11.7 Å². The Morgan fingerprint density at radius 3 is 2.54 bits per heavy atom. The molecule has 0 spiro atoms. The van der Waals surface area contributed by atoms with Crippen LogP contribution in [0, 0.1) is 0 Å². The molecule has 0 fully saturated rings. The van der Waals surface area contributed by atoms with Crippen LogP contribution in [-0.2, 0) is 11.9 Å². The molecular formula is C16H11F3N6S. The number of rotatable bonds is 4. The molecule has 26 heavy (non-hydrogen) atoms. The van der Waals surface area contributed by atoms with E-state index in [0.717, 1.165) is 23.2 Å². The number of imidazole rings is 1. The van der Waals surface area contributed by atoms with E-state index in [-0.39, 0.29) is 0 Å². The van der Waals surface area contributed by atoms with Gasteiger partial charge in [0.25, 0.3) is 0 Å². The van der Waals surface area contributed by atoms with Gasteiger partial charge in [-0.15, -0.1) is 5.10 Å². The highest BCUT2D eigenvalue weighted by Crippen LogP contribution is 2.30. The largest absolute Gasteiger partial charge is 0.416 e. The number of benzene rings is 2. The van der Waals surface area contributed by atoms with E-state index in [9.17, 15) is 13.2 Å². The van der Waals surface area contributed by atoms with Crippen molar-refractivity contribution in [3.05, 3.63) is 59.9 Å². The normalized spacial score (nSPS) is 12.0. The molecular weight excluding hydrogens is 365 g/mol. The Balaban J connectivity index is 1.53. The molecule has 2 aromatic carbocycles. The minimum atomic E-state index is -4.38. The molecule has 0 radical (unpaired) electrons. The fourth-order valence-corrected chi connectivity index (χ4v) is 3.21. The summed E-state index contributed by atoms with van der Waals surface area (Å²) in [5, 5.41) is 12.2. The Morgan fingerprint density at radius 1 is 1.04 bits per heavy atom. The van der Waals surface area contributed by atoms with Gasteiger partial charge >= 0.3 is 6.18 Å². The molecule has 10 heteroatoms. The van der Waals surface area contributed by atoms with Gasteiger partial charge in [0.1, 0.15) is 0 Å². The number of thioether (sulfide) groups is 1. The average molecular weight is 376 g/mol. The Kier molecular flexibility index (Phi) is 4.11. The molecule has 132 valence electrons. The van der Waals surface area contributed by atoms with Crippen LogP contribution in [0.2, 0.25) is 0 Å². The van der Waals surface area contributed by atoms with Gasteiger partial charge in [-0.05, 0) is 46.8 Å². The lowest BCUT2D eigenvalue weighted by Crippen LogP contribution is -2.06. The Morgan fingerprint density at radius 2 is 1.81 bits per heavy atom. The number of para-hydroxylation sites is 2. The first-order chi connectivity index (χ1) is 12.5. The second-order valence-corrected chi connectivity index (χ2v) is 6.36. The zero-order valence-corrected chi connectivity index (χ0v) is 13.9. The van der Waals surface area contributed by atoms with E-state index in [1.54, 1.807) is 0 Å². The van der Waals surface area contributed by atoms with Crippen LogP contribution >= 0.6 is 11.8 Å². The number of hydrogen-bond donors (Lipinski definition) is 1. The van der Waals surface area contributed by atoms with Crippen molar-refractivity contribution in [1.29, 1.82) is 0 Å². The highest BCUT2D eigenvalue weighted by Gasteiger charge is 2.30. The summed E-state index contributed by atoms with van der Waals surface area (Å²) in [6.07, 6.45) is -4.38. The van der Waals surface area contributed by atoms with Crippen molar-refractivity contribution < 1.29 is 13.2 Å². The number of hydrogen-bond acceptors (Lipinski definition) is 5. The van der Waals surface area contributed by atoms with Gasteiger partial charge < -0.3 is 4.98 Å². The number of aromatic nitrogens is 6. The molecule has 4 rings (SSSR count). The van der Waals surface area contributed by atoms with Gasteiger partial charge in [-0.3, -0.25) is 0 Å². The van der Waals surface area contributed by atoms with E-state index in [0.29, 0.717) is 22.4 Å². The van der Waals surface area contributed by atoms with Crippen LogP contribution < -0.4 is 0 Å². The fraction of sp³-hybridized carbons (Fsp3) is 0.125. The lowest BCUT2D eigenvalue weighted by molar-refractivity contribution is -0.137.